The van der Waals surface area contributed by atoms with Crippen molar-refractivity contribution in [3.63, 3.8) is 0 Å². The first-order chi connectivity index (χ1) is 8.99. The van der Waals surface area contributed by atoms with Crippen molar-refractivity contribution in [1.29, 1.82) is 0 Å². The maximum absolute atomic E-state index is 12.2. The van der Waals surface area contributed by atoms with Gasteiger partial charge in [0.25, 0.3) is 0 Å². The summed E-state index contributed by atoms with van der Waals surface area (Å²) in [5, 5.41) is 0. The van der Waals surface area contributed by atoms with Gasteiger partial charge >= 0.3 is 0 Å². The number of nitrogens with zero attached hydrogens (tertiary/aromatic N) is 1. The van der Waals surface area contributed by atoms with E-state index in [1.165, 1.54) is 24.8 Å². The number of nitrogens with one attached hydrogen (secondary N) is 1. The Balaban J connectivity index is 2.12. The molecule has 0 unspecified atom stereocenters. The molecule has 3 N–H and O–H groups in total. The summed E-state index contributed by atoms with van der Waals surface area (Å²) in [4.78, 5) is 4.26. The van der Waals surface area contributed by atoms with Crippen LogP contribution in [0.3, 0.4) is 0 Å². The van der Waals surface area contributed by atoms with Gasteiger partial charge in [0.05, 0.1) is 5.69 Å². The van der Waals surface area contributed by atoms with Crippen molar-refractivity contribution in [1.82, 2.24) is 9.71 Å². The fraction of sp³-hybridized carbons (Fsp3) is 0.500. The summed E-state index contributed by atoms with van der Waals surface area (Å²) < 4.78 is 27.1. The van der Waals surface area contributed by atoms with E-state index < -0.39 is 10.0 Å². The standard InChI is InChI=1S/C12H17N3O2S2/c13-12(18)11-7-6-10(8-14-11)19(16,17)15-9-4-2-1-3-5-9/h6-9,15H,1-5H2,(H2,13,18). The molecule has 5 nitrogen and oxygen atoms in total. The molecule has 0 aromatic carbocycles. The Morgan fingerprint density at radius 2 is 2.00 bits per heavy atom. The van der Waals surface area contributed by atoms with Gasteiger partial charge in [-0.1, -0.05) is 31.5 Å². The molecule has 1 aliphatic carbocycles. The highest BCUT2D eigenvalue weighted by atomic mass is 32.2. The first-order valence-electron chi connectivity index (χ1n) is 6.27. The predicted octanol–water partition coefficient (Wildman–Crippen LogP) is 1.33. The number of thiocarbonyl (C=S) groups is 1. The summed E-state index contributed by atoms with van der Waals surface area (Å²) in [5.74, 6) is 0. The van der Waals surface area contributed by atoms with E-state index in [1.54, 1.807) is 0 Å². The van der Waals surface area contributed by atoms with E-state index in [4.69, 9.17) is 18.0 Å². The molecule has 1 saturated carbocycles. The summed E-state index contributed by atoms with van der Waals surface area (Å²) in [7, 11) is -3.50. The van der Waals surface area contributed by atoms with Gasteiger partial charge in [0.15, 0.2) is 0 Å². The second kappa shape index (κ2) is 5.94. The molecule has 1 heterocycles. The third-order valence-electron chi connectivity index (χ3n) is 3.23. The van der Waals surface area contributed by atoms with Gasteiger partial charge < -0.3 is 5.73 Å². The second-order valence-corrected chi connectivity index (χ2v) is 6.85. The molecule has 1 fully saturated rings. The summed E-state index contributed by atoms with van der Waals surface area (Å²) >= 11 is 4.78. The van der Waals surface area contributed by atoms with Gasteiger partial charge in [0, 0.05) is 12.2 Å². The number of rotatable bonds is 4. The van der Waals surface area contributed by atoms with Crippen LogP contribution < -0.4 is 10.5 Å². The van der Waals surface area contributed by atoms with Crippen molar-refractivity contribution in [3.05, 3.63) is 24.0 Å². The van der Waals surface area contributed by atoms with Crippen LogP contribution in [0.4, 0.5) is 0 Å². The van der Waals surface area contributed by atoms with Crippen molar-refractivity contribution < 1.29 is 8.42 Å². The van der Waals surface area contributed by atoms with E-state index in [0.29, 0.717) is 5.69 Å². The van der Waals surface area contributed by atoms with E-state index in [1.807, 2.05) is 0 Å². The topological polar surface area (TPSA) is 85.1 Å². The molecule has 19 heavy (non-hydrogen) atoms. The molecule has 1 aliphatic rings. The van der Waals surface area contributed by atoms with Crippen molar-refractivity contribution in [2.75, 3.05) is 0 Å². The minimum absolute atomic E-state index is 0.0361. The van der Waals surface area contributed by atoms with Gasteiger partial charge in [0.1, 0.15) is 9.88 Å². The van der Waals surface area contributed by atoms with Crippen molar-refractivity contribution in [2.24, 2.45) is 5.73 Å². The van der Waals surface area contributed by atoms with Crippen LogP contribution in [0.15, 0.2) is 23.2 Å². The molecule has 0 spiro atoms. The number of pyridine rings is 1. The minimum Gasteiger partial charge on any atom is -0.388 e. The monoisotopic (exact) mass is 299 g/mol. The number of hydrogen-bond donors (Lipinski definition) is 2. The molecular weight excluding hydrogens is 282 g/mol. The van der Waals surface area contributed by atoms with Gasteiger partial charge in [0.2, 0.25) is 10.0 Å². The zero-order chi connectivity index (χ0) is 13.9. The summed E-state index contributed by atoms with van der Waals surface area (Å²) in [6.07, 6.45) is 6.43. The first kappa shape index (κ1) is 14.4. The van der Waals surface area contributed by atoms with E-state index in [2.05, 4.69) is 9.71 Å². The Morgan fingerprint density at radius 1 is 1.32 bits per heavy atom. The Bertz CT molecular complexity index is 549. The lowest BCUT2D eigenvalue weighted by molar-refractivity contribution is 0.412. The van der Waals surface area contributed by atoms with E-state index in [0.717, 1.165) is 25.7 Å². The van der Waals surface area contributed by atoms with E-state index in [9.17, 15) is 8.42 Å². The molecule has 0 radical (unpaired) electrons. The van der Waals surface area contributed by atoms with Crippen molar-refractivity contribution in [2.45, 2.75) is 43.0 Å². The lowest BCUT2D eigenvalue weighted by Gasteiger charge is -2.22. The normalized spacial score (nSPS) is 17.3. The third-order valence-corrected chi connectivity index (χ3v) is 4.94. The maximum Gasteiger partial charge on any atom is 0.242 e. The molecule has 7 heteroatoms. The fourth-order valence-electron chi connectivity index (χ4n) is 2.19. The van der Waals surface area contributed by atoms with Crippen LogP contribution >= 0.6 is 12.2 Å². The SMILES string of the molecule is NC(=S)c1ccc(S(=O)(=O)NC2CCCCC2)cn1. The van der Waals surface area contributed by atoms with Crippen LogP contribution in [0, 0.1) is 0 Å². The van der Waals surface area contributed by atoms with Crippen LogP contribution in [0.25, 0.3) is 0 Å². The lowest BCUT2D eigenvalue weighted by atomic mass is 9.96. The number of aromatic nitrogens is 1. The number of nitrogens with two attached hydrogens (primary N) is 1. The molecule has 2 rings (SSSR count). The van der Waals surface area contributed by atoms with E-state index in [-0.39, 0.29) is 15.9 Å². The molecule has 0 saturated heterocycles. The van der Waals surface area contributed by atoms with Crippen LogP contribution in [0.2, 0.25) is 0 Å². The summed E-state index contributed by atoms with van der Waals surface area (Å²) in [6, 6.07) is 3.04. The summed E-state index contributed by atoms with van der Waals surface area (Å²) in [6.45, 7) is 0. The molecule has 1 aromatic heterocycles. The average molecular weight is 299 g/mol. The Hall–Kier alpha value is -1.05. The first-order valence-corrected chi connectivity index (χ1v) is 8.16. The molecule has 0 amide bonds. The third kappa shape index (κ3) is 3.71. The fourth-order valence-corrected chi connectivity index (χ4v) is 3.56. The van der Waals surface area contributed by atoms with Gasteiger partial charge in [-0.25, -0.2) is 13.1 Å². The van der Waals surface area contributed by atoms with E-state index >= 15 is 0 Å². The van der Waals surface area contributed by atoms with Crippen LogP contribution in [-0.2, 0) is 10.0 Å². The molecular formula is C12H17N3O2S2. The highest BCUT2D eigenvalue weighted by Crippen LogP contribution is 2.19. The molecule has 0 bridgehead atoms. The minimum atomic E-state index is -3.50. The number of hydrogen-bond acceptors (Lipinski definition) is 4. The molecule has 1 aromatic rings. The maximum atomic E-state index is 12.2. The highest BCUT2D eigenvalue weighted by molar-refractivity contribution is 7.89. The molecule has 104 valence electrons. The van der Waals surface area contributed by atoms with Crippen LogP contribution in [0.1, 0.15) is 37.8 Å². The average Bonchev–Trinajstić information content (AvgIpc) is 2.39. The largest absolute Gasteiger partial charge is 0.388 e. The zero-order valence-electron chi connectivity index (χ0n) is 10.5. The second-order valence-electron chi connectivity index (χ2n) is 4.70. The van der Waals surface area contributed by atoms with Gasteiger partial charge in [-0.3, -0.25) is 4.98 Å². The Morgan fingerprint density at radius 3 is 2.53 bits per heavy atom. The lowest BCUT2D eigenvalue weighted by Crippen LogP contribution is -2.36. The number of sulfonamides is 1. The zero-order valence-corrected chi connectivity index (χ0v) is 12.1. The van der Waals surface area contributed by atoms with Crippen molar-refractivity contribution in [3.8, 4) is 0 Å². The smallest absolute Gasteiger partial charge is 0.242 e. The Labute approximate surface area is 118 Å². The summed E-state index contributed by atoms with van der Waals surface area (Å²) in [5.41, 5.74) is 5.85. The van der Waals surface area contributed by atoms with Crippen molar-refractivity contribution >= 4 is 27.2 Å². The van der Waals surface area contributed by atoms with Gasteiger partial charge in [-0.2, -0.15) is 0 Å². The van der Waals surface area contributed by atoms with Crippen LogP contribution in [-0.4, -0.2) is 24.4 Å². The quantitative estimate of drug-likeness (QED) is 0.819. The predicted molar refractivity (Wildman–Crippen MR) is 77.3 cm³/mol. The Kier molecular flexibility index (Phi) is 4.49. The van der Waals surface area contributed by atoms with Crippen LogP contribution in [0.5, 0.6) is 0 Å². The highest BCUT2D eigenvalue weighted by Gasteiger charge is 2.22. The van der Waals surface area contributed by atoms with Gasteiger partial charge in [-0.15, -0.1) is 0 Å². The van der Waals surface area contributed by atoms with Gasteiger partial charge in [-0.05, 0) is 25.0 Å². The molecule has 0 atom stereocenters. The molecule has 0 aliphatic heterocycles.